The second-order valence-electron chi connectivity index (χ2n) is 7.09. The highest BCUT2D eigenvalue weighted by molar-refractivity contribution is 8.15. The number of aliphatic imine (C=N–C) groups is 1. The molecule has 1 fully saturated rings. The molecule has 1 heterocycles. The van der Waals surface area contributed by atoms with Gasteiger partial charge in [0, 0.05) is 5.02 Å². The van der Waals surface area contributed by atoms with Gasteiger partial charge in [-0.25, -0.2) is 9.79 Å². The Kier molecular flexibility index (Phi) is 6.39. The van der Waals surface area contributed by atoms with E-state index in [9.17, 15) is 9.59 Å². The third-order valence-corrected chi connectivity index (χ3v) is 6.30. The zero-order valence-electron chi connectivity index (χ0n) is 16.4. The number of carbonyl (C=O) groups excluding carboxylic acids is 1. The summed E-state index contributed by atoms with van der Waals surface area (Å²) < 4.78 is 0. The van der Waals surface area contributed by atoms with Crippen molar-refractivity contribution in [3.8, 4) is 0 Å². The first-order valence-electron chi connectivity index (χ1n) is 9.68. The van der Waals surface area contributed by atoms with E-state index in [-0.39, 0.29) is 16.7 Å². The molecule has 0 bridgehead atoms. The van der Waals surface area contributed by atoms with Gasteiger partial charge in [-0.05, 0) is 53.9 Å². The summed E-state index contributed by atoms with van der Waals surface area (Å²) in [7, 11) is 0. The lowest BCUT2D eigenvalue weighted by Gasteiger charge is -2.16. The SMILES string of the molecule is O=C(O)c1ccc(N=C2SC(Cc3ccc(Cl)cc3)C(=O)N2Cc2ccccc2)cc1. The minimum atomic E-state index is -0.988. The maximum atomic E-state index is 13.2. The Balaban J connectivity index is 1.61. The number of benzene rings is 3. The molecule has 1 amide bonds. The van der Waals surface area contributed by atoms with Crippen LogP contribution in [0, 0.1) is 0 Å². The zero-order chi connectivity index (χ0) is 21.8. The molecule has 3 aromatic carbocycles. The van der Waals surface area contributed by atoms with Crippen LogP contribution in [0.2, 0.25) is 5.02 Å². The van der Waals surface area contributed by atoms with Crippen molar-refractivity contribution in [2.24, 2.45) is 4.99 Å². The number of hydrogen-bond acceptors (Lipinski definition) is 4. The van der Waals surface area contributed by atoms with E-state index >= 15 is 0 Å². The van der Waals surface area contributed by atoms with E-state index in [1.54, 1.807) is 17.0 Å². The van der Waals surface area contributed by atoms with Gasteiger partial charge >= 0.3 is 5.97 Å². The molecule has 3 aromatic rings. The van der Waals surface area contributed by atoms with Crippen LogP contribution in [-0.2, 0) is 17.8 Å². The summed E-state index contributed by atoms with van der Waals surface area (Å²) in [4.78, 5) is 30.7. The second-order valence-corrected chi connectivity index (χ2v) is 8.70. The Morgan fingerprint density at radius 1 is 0.968 bits per heavy atom. The lowest BCUT2D eigenvalue weighted by atomic mass is 10.1. The minimum Gasteiger partial charge on any atom is -0.478 e. The van der Waals surface area contributed by atoms with Crippen molar-refractivity contribution in [2.45, 2.75) is 18.2 Å². The van der Waals surface area contributed by atoms with E-state index in [4.69, 9.17) is 16.7 Å². The van der Waals surface area contributed by atoms with Crippen LogP contribution in [0.1, 0.15) is 21.5 Å². The number of thioether (sulfide) groups is 1. The van der Waals surface area contributed by atoms with Crippen LogP contribution in [0.3, 0.4) is 0 Å². The molecule has 0 saturated carbocycles. The van der Waals surface area contributed by atoms with Crippen molar-refractivity contribution in [2.75, 3.05) is 0 Å². The Morgan fingerprint density at radius 3 is 2.29 bits per heavy atom. The molecule has 5 nitrogen and oxygen atoms in total. The molecule has 1 atom stereocenters. The first-order chi connectivity index (χ1) is 15.0. The van der Waals surface area contributed by atoms with Crippen LogP contribution in [-0.4, -0.2) is 32.3 Å². The molecule has 1 N–H and O–H groups in total. The molecule has 1 aliphatic rings. The summed E-state index contributed by atoms with van der Waals surface area (Å²) in [5.74, 6) is -0.983. The summed E-state index contributed by atoms with van der Waals surface area (Å²) in [5, 5.41) is 10.1. The smallest absolute Gasteiger partial charge is 0.335 e. The van der Waals surface area contributed by atoms with E-state index < -0.39 is 5.97 Å². The van der Waals surface area contributed by atoms with Crippen LogP contribution in [0.4, 0.5) is 5.69 Å². The molecule has 1 unspecified atom stereocenters. The summed E-state index contributed by atoms with van der Waals surface area (Å²) in [5.41, 5.74) is 2.84. The molecule has 156 valence electrons. The van der Waals surface area contributed by atoms with E-state index in [1.807, 2.05) is 54.6 Å². The van der Waals surface area contributed by atoms with Gasteiger partial charge in [-0.15, -0.1) is 0 Å². The molecular weight excluding hydrogens is 432 g/mol. The molecule has 0 aromatic heterocycles. The fraction of sp³-hybridized carbons (Fsp3) is 0.125. The van der Waals surface area contributed by atoms with Gasteiger partial charge < -0.3 is 5.11 Å². The zero-order valence-corrected chi connectivity index (χ0v) is 18.0. The second kappa shape index (κ2) is 9.37. The number of halogens is 1. The van der Waals surface area contributed by atoms with Gasteiger partial charge in [0.15, 0.2) is 5.17 Å². The van der Waals surface area contributed by atoms with Crippen LogP contribution >= 0.6 is 23.4 Å². The number of carboxylic acid groups (broad SMARTS) is 1. The maximum absolute atomic E-state index is 13.2. The van der Waals surface area contributed by atoms with E-state index in [1.165, 1.54) is 23.9 Å². The predicted molar refractivity (Wildman–Crippen MR) is 124 cm³/mol. The highest BCUT2D eigenvalue weighted by atomic mass is 35.5. The third-order valence-electron chi connectivity index (χ3n) is 4.88. The minimum absolute atomic E-state index is 0.00436. The standard InChI is InChI=1S/C24H19ClN2O3S/c25-19-10-6-16(7-11-19)14-21-22(28)27(15-17-4-2-1-3-5-17)24(31-21)26-20-12-8-18(9-13-20)23(29)30/h1-13,21H,14-15H2,(H,29,30). The Hall–Kier alpha value is -3.09. The summed E-state index contributed by atoms with van der Waals surface area (Å²) in [6.07, 6.45) is 0.572. The van der Waals surface area contributed by atoms with E-state index in [0.717, 1.165) is 11.1 Å². The Labute approximate surface area is 189 Å². The number of carbonyl (C=O) groups is 2. The molecule has 7 heteroatoms. The number of amidine groups is 1. The van der Waals surface area contributed by atoms with Crippen molar-refractivity contribution in [3.63, 3.8) is 0 Å². The molecule has 4 rings (SSSR count). The predicted octanol–water partition coefficient (Wildman–Crippen LogP) is 5.41. The lowest BCUT2D eigenvalue weighted by molar-refractivity contribution is -0.126. The van der Waals surface area contributed by atoms with Crippen LogP contribution in [0.5, 0.6) is 0 Å². The monoisotopic (exact) mass is 450 g/mol. The van der Waals surface area contributed by atoms with Gasteiger partial charge in [0.05, 0.1) is 23.0 Å². The average molecular weight is 451 g/mol. The van der Waals surface area contributed by atoms with Crippen LogP contribution < -0.4 is 0 Å². The summed E-state index contributed by atoms with van der Waals surface area (Å²) in [6.45, 7) is 0.426. The maximum Gasteiger partial charge on any atom is 0.335 e. The van der Waals surface area contributed by atoms with Crippen molar-refractivity contribution >= 4 is 46.1 Å². The van der Waals surface area contributed by atoms with Crippen LogP contribution in [0.25, 0.3) is 0 Å². The Morgan fingerprint density at radius 2 is 1.65 bits per heavy atom. The van der Waals surface area contributed by atoms with Gasteiger partial charge in [0.2, 0.25) is 5.91 Å². The number of nitrogens with zero attached hydrogens (tertiary/aromatic N) is 2. The van der Waals surface area contributed by atoms with Crippen molar-refractivity contribution in [3.05, 3.63) is 101 Å². The average Bonchev–Trinajstić information content (AvgIpc) is 3.05. The summed E-state index contributed by atoms with van der Waals surface area (Å²) >= 11 is 7.41. The topological polar surface area (TPSA) is 70.0 Å². The van der Waals surface area contributed by atoms with Gasteiger partial charge in [-0.1, -0.05) is 65.8 Å². The first kappa shape index (κ1) is 21.2. The lowest BCUT2D eigenvalue weighted by Crippen LogP contribution is -2.32. The van der Waals surface area contributed by atoms with Gasteiger partial charge in [-0.2, -0.15) is 0 Å². The fourth-order valence-electron chi connectivity index (χ4n) is 3.26. The Bertz CT molecular complexity index is 1120. The molecule has 0 spiro atoms. The van der Waals surface area contributed by atoms with Crippen LogP contribution in [0.15, 0.2) is 83.9 Å². The molecule has 0 aliphatic carbocycles. The number of rotatable bonds is 6. The number of aromatic carboxylic acids is 1. The molecule has 1 saturated heterocycles. The fourth-order valence-corrected chi connectivity index (χ4v) is 4.58. The summed E-state index contributed by atoms with van der Waals surface area (Å²) in [6, 6.07) is 23.6. The molecule has 1 aliphatic heterocycles. The van der Waals surface area contributed by atoms with Gasteiger partial charge in [-0.3, -0.25) is 9.69 Å². The number of hydrogen-bond donors (Lipinski definition) is 1. The largest absolute Gasteiger partial charge is 0.478 e. The van der Waals surface area contributed by atoms with Crippen molar-refractivity contribution in [1.29, 1.82) is 0 Å². The molecule has 31 heavy (non-hydrogen) atoms. The quantitative estimate of drug-likeness (QED) is 0.545. The van der Waals surface area contributed by atoms with E-state index in [2.05, 4.69) is 4.99 Å². The highest BCUT2D eigenvalue weighted by Crippen LogP contribution is 2.33. The third kappa shape index (κ3) is 5.16. The normalized spacial score (nSPS) is 17.3. The van der Waals surface area contributed by atoms with Gasteiger partial charge in [0.25, 0.3) is 0 Å². The van der Waals surface area contributed by atoms with Crippen molar-refractivity contribution in [1.82, 2.24) is 4.90 Å². The highest BCUT2D eigenvalue weighted by Gasteiger charge is 2.38. The van der Waals surface area contributed by atoms with Gasteiger partial charge in [0.1, 0.15) is 0 Å². The first-order valence-corrected chi connectivity index (χ1v) is 10.9. The number of amides is 1. The van der Waals surface area contributed by atoms with E-state index in [0.29, 0.717) is 28.8 Å². The number of carboxylic acids is 1. The van der Waals surface area contributed by atoms with Crippen molar-refractivity contribution < 1.29 is 14.7 Å². The molecular formula is C24H19ClN2O3S. The molecule has 0 radical (unpaired) electrons.